The van der Waals surface area contributed by atoms with E-state index in [4.69, 9.17) is 23.7 Å². The minimum Gasteiger partial charge on any atom is -0.492 e. The number of aromatic amines is 1. The van der Waals surface area contributed by atoms with Gasteiger partial charge in [0.15, 0.2) is 6.29 Å². The van der Waals surface area contributed by atoms with Gasteiger partial charge in [0.05, 0.1) is 43.1 Å². The minimum atomic E-state index is -1.23. The van der Waals surface area contributed by atoms with Gasteiger partial charge in [0, 0.05) is 79.9 Å². The van der Waals surface area contributed by atoms with Crippen LogP contribution in [0.5, 0.6) is 17.2 Å². The fraction of sp³-hybridized carbons (Fsp3) is 0.588. The van der Waals surface area contributed by atoms with Crippen LogP contribution in [0.25, 0.3) is 16.5 Å². The molecule has 3 fully saturated rings. The fourth-order valence-electron chi connectivity index (χ4n) is 12.6. The van der Waals surface area contributed by atoms with Crippen molar-refractivity contribution >= 4 is 34.5 Å². The standard InChI is InChI=1S/C51H64N2O12/c1-4-41-33-8-6-13-51(60,39(33)12-16-53(41)15-7-17-61-3)42-22-36-46(64-42)38(26-57)48-44-43(37(25-56)49(65-48)50(59)62-5-2)31-18-32(24-55)45(58)35(20-31)34-19-30-11-14-52-40(30)21-29(34)10-9-28(23-54)27-63-47(36)44/h11,14,19,21,25,28,32-33,35,39,41-42,52,54-55,57,60H,4-10,12-13,15-18,20,22-24,26-27H2,1-3H3/t28-,32+,33+,35+,39+,41-,42-,51+/m0/s1. The van der Waals surface area contributed by atoms with Gasteiger partial charge in [0.1, 0.15) is 34.7 Å². The zero-order valence-corrected chi connectivity index (χ0v) is 37.9. The third kappa shape index (κ3) is 7.91. The number of likely N-dealkylation sites (tertiary alicyclic amines) is 1. The molecule has 0 unspecified atom stereocenters. The number of hydrogen-bond donors (Lipinski definition) is 5. The summed E-state index contributed by atoms with van der Waals surface area (Å²) in [6.07, 6.45) is 8.25. The number of methoxy groups -OCH3 is 1. The number of ketones is 1. The molecule has 350 valence electrons. The van der Waals surface area contributed by atoms with E-state index in [9.17, 15) is 34.8 Å². The molecule has 4 aliphatic heterocycles. The number of fused-ring (bicyclic) bond motifs is 8. The molecule has 8 atom stereocenters. The summed E-state index contributed by atoms with van der Waals surface area (Å²) in [6, 6.07) is 6.31. The van der Waals surface area contributed by atoms with E-state index in [0.717, 1.165) is 67.2 Å². The molecule has 3 aromatic rings. The van der Waals surface area contributed by atoms with E-state index in [1.165, 1.54) is 0 Å². The third-order valence-electron chi connectivity index (χ3n) is 15.6. The van der Waals surface area contributed by atoms with Gasteiger partial charge in [-0.05, 0) is 118 Å². The number of carbonyl (C=O) groups excluding carboxylic acids is 3. The van der Waals surface area contributed by atoms with Crippen molar-refractivity contribution < 1.29 is 58.5 Å². The van der Waals surface area contributed by atoms with Crippen LogP contribution in [0.2, 0.25) is 0 Å². The first-order valence-electron chi connectivity index (χ1n) is 23.8. The lowest BCUT2D eigenvalue weighted by Crippen LogP contribution is -2.62. The van der Waals surface area contributed by atoms with Crippen LogP contribution < -0.4 is 14.2 Å². The molecule has 14 heteroatoms. The zero-order chi connectivity index (χ0) is 45.6. The number of hydrogen-bond acceptors (Lipinski definition) is 13. The van der Waals surface area contributed by atoms with Crippen molar-refractivity contribution in [1.82, 2.24) is 9.88 Å². The third-order valence-corrected chi connectivity index (χ3v) is 15.6. The highest BCUT2D eigenvalue weighted by Crippen LogP contribution is 2.59. The number of esters is 1. The van der Waals surface area contributed by atoms with Gasteiger partial charge in [0.25, 0.3) is 0 Å². The second-order valence-corrected chi connectivity index (χ2v) is 19.0. The maximum absolute atomic E-state index is 14.5. The highest BCUT2D eigenvalue weighted by Gasteiger charge is 2.57. The first-order valence-corrected chi connectivity index (χ1v) is 23.8. The zero-order valence-electron chi connectivity index (χ0n) is 37.9. The van der Waals surface area contributed by atoms with Crippen molar-refractivity contribution in [2.24, 2.45) is 23.7 Å². The number of piperidine rings is 1. The predicted molar refractivity (Wildman–Crippen MR) is 241 cm³/mol. The molecular weight excluding hydrogens is 833 g/mol. The van der Waals surface area contributed by atoms with Gasteiger partial charge in [-0.2, -0.15) is 0 Å². The Kier molecular flexibility index (Phi) is 13.3. The Hall–Kier alpha value is -4.57. The number of carbonyl (C=O) groups is 3. The molecule has 0 spiro atoms. The summed E-state index contributed by atoms with van der Waals surface area (Å²) < 4.78 is 31.3. The van der Waals surface area contributed by atoms with Crippen molar-refractivity contribution in [2.45, 2.75) is 115 Å². The van der Waals surface area contributed by atoms with Crippen molar-refractivity contribution in [3.63, 3.8) is 0 Å². The van der Waals surface area contributed by atoms with Crippen molar-refractivity contribution in [3.05, 3.63) is 69.1 Å². The lowest BCUT2D eigenvalue weighted by atomic mass is 9.60. The van der Waals surface area contributed by atoms with Crippen molar-refractivity contribution in [1.29, 1.82) is 0 Å². The van der Waals surface area contributed by atoms with Crippen LogP contribution in [-0.4, -0.2) is 119 Å². The summed E-state index contributed by atoms with van der Waals surface area (Å²) in [5, 5.41) is 47.2. The van der Waals surface area contributed by atoms with Crippen molar-refractivity contribution in [3.8, 4) is 17.2 Å². The Morgan fingerprint density at radius 1 is 1.06 bits per heavy atom. The van der Waals surface area contributed by atoms with E-state index < -0.39 is 42.7 Å². The van der Waals surface area contributed by atoms with E-state index in [1.54, 1.807) is 14.0 Å². The Labute approximate surface area is 379 Å². The second kappa shape index (κ2) is 19.0. The van der Waals surface area contributed by atoms with Gasteiger partial charge in [-0.25, -0.2) is 4.79 Å². The topological polar surface area (TPSA) is 197 Å². The number of allylic oxidation sites excluding steroid dienone is 3. The summed E-state index contributed by atoms with van der Waals surface area (Å²) in [4.78, 5) is 47.8. The summed E-state index contributed by atoms with van der Waals surface area (Å²) in [6.45, 7) is 5.17. The predicted octanol–water partition coefficient (Wildman–Crippen LogP) is 5.48. The molecule has 5 heterocycles. The van der Waals surface area contributed by atoms with Gasteiger partial charge < -0.3 is 54.0 Å². The number of nitrogens with zero attached hydrogens (tertiary/aromatic N) is 1. The SMILES string of the molecule is CCOC(=O)C1=C(C=O)C2=C3C[C@H](CO)C(=O)[C@H](C3)c3cc4cc[nH]c4cc3CC[C@@H](CO)COc3c4c(c(CO)c(c32)O1)O[C@H]([C@@]1(O)CCC[C@@H]2[C@H]1CCN(CCCOC)[C@H]2CC)C4. The Bertz CT molecular complexity index is 2380. The van der Waals surface area contributed by atoms with Gasteiger partial charge in [-0.1, -0.05) is 18.9 Å². The molecule has 9 rings (SSSR count). The quantitative estimate of drug-likeness (QED) is 0.0872. The molecule has 2 aliphatic carbocycles. The van der Waals surface area contributed by atoms with E-state index >= 15 is 0 Å². The molecule has 65 heavy (non-hydrogen) atoms. The van der Waals surface area contributed by atoms with Crippen LogP contribution in [0, 0.1) is 23.7 Å². The number of ether oxygens (including phenoxy) is 5. The lowest BCUT2D eigenvalue weighted by molar-refractivity contribution is -0.163. The summed E-state index contributed by atoms with van der Waals surface area (Å²) in [5.74, 6) is -2.44. The molecule has 2 bridgehead atoms. The molecule has 2 saturated carbocycles. The highest BCUT2D eigenvalue weighted by atomic mass is 16.6. The Morgan fingerprint density at radius 3 is 2.65 bits per heavy atom. The maximum Gasteiger partial charge on any atom is 0.375 e. The van der Waals surface area contributed by atoms with Crippen LogP contribution in [0.1, 0.15) is 105 Å². The molecular formula is C51H64N2O12. The molecule has 5 N–H and O–H groups in total. The molecule has 2 aromatic carbocycles. The number of nitrogens with one attached hydrogen (secondary N) is 1. The monoisotopic (exact) mass is 896 g/mol. The average molecular weight is 897 g/mol. The van der Waals surface area contributed by atoms with Crippen LogP contribution in [0.3, 0.4) is 0 Å². The van der Waals surface area contributed by atoms with Crippen LogP contribution >= 0.6 is 0 Å². The number of aliphatic hydroxyl groups is 4. The number of rotatable bonds is 12. The summed E-state index contributed by atoms with van der Waals surface area (Å²) >= 11 is 0. The second-order valence-electron chi connectivity index (χ2n) is 19.0. The molecule has 1 aromatic heterocycles. The highest BCUT2D eigenvalue weighted by molar-refractivity contribution is 6.11. The Balaban J connectivity index is 1.23. The largest absolute Gasteiger partial charge is 0.492 e. The van der Waals surface area contributed by atoms with Crippen LogP contribution in [-0.2, 0) is 43.3 Å². The summed E-state index contributed by atoms with van der Waals surface area (Å²) in [7, 11) is 1.73. The van der Waals surface area contributed by atoms with E-state index in [2.05, 4.69) is 16.8 Å². The molecule has 6 aliphatic rings. The number of aromatic nitrogens is 1. The normalized spacial score (nSPS) is 29.0. The van der Waals surface area contributed by atoms with Gasteiger partial charge in [0.2, 0.25) is 5.76 Å². The van der Waals surface area contributed by atoms with Gasteiger partial charge in [-0.3, -0.25) is 9.59 Å². The molecule has 14 nitrogen and oxygen atoms in total. The van der Waals surface area contributed by atoms with Crippen LogP contribution in [0.15, 0.2) is 41.3 Å². The van der Waals surface area contributed by atoms with E-state index in [0.29, 0.717) is 72.0 Å². The molecule has 0 amide bonds. The van der Waals surface area contributed by atoms with E-state index in [1.807, 2.05) is 24.4 Å². The van der Waals surface area contributed by atoms with Gasteiger partial charge in [-0.15, -0.1) is 0 Å². The molecule has 0 radical (unpaired) electrons. The molecule has 1 saturated heterocycles. The van der Waals surface area contributed by atoms with Crippen molar-refractivity contribution in [2.75, 3.05) is 53.2 Å². The number of aryl methyl sites for hydroxylation is 1. The fourth-order valence-corrected chi connectivity index (χ4v) is 12.6. The first-order chi connectivity index (χ1) is 31.6. The number of benzene rings is 2. The number of Topliss-reactive ketones (excluding diaryl/α,β-unsaturated/α-hetero) is 1. The maximum atomic E-state index is 14.5. The number of H-pyrrole nitrogens is 1. The first kappa shape index (κ1) is 45.6. The smallest absolute Gasteiger partial charge is 0.375 e. The Morgan fingerprint density at radius 2 is 1.91 bits per heavy atom. The van der Waals surface area contributed by atoms with Gasteiger partial charge >= 0.3 is 5.97 Å². The number of aldehydes is 1. The average Bonchev–Trinajstić information content (AvgIpc) is 3.98. The van der Waals surface area contributed by atoms with E-state index in [-0.39, 0.29) is 85.3 Å². The summed E-state index contributed by atoms with van der Waals surface area (Å²) in [5.41, 5.74) is 3.43. The number of aliphatic hydroxyl groups excluding tert-OH is 3. The van der Waals surface area contributed by atoms with Crippen LogP contribution in [0.4, 0.5) is 0 Å². The lowest BCUT2D eigenvalue weighted by Gasteiger charge is -2.55. The minimum absolute atomic E-state index is 0.00649.